The van der Waals surface area contributed by atoms with Crippen LogP contribution in [0.4, 0.5) is 5.82 Å². The predicted octanol–water partition coefficient (Wildman–Crippen LogP) is 5.00. The SMILES string of the molecule is Cc1cc(NC(=O)C(Sc2nc3cc(Cl)ccc3n2C)c2ccccc2)no1. The van der Waals surface area contributed by atoms with E-state index in [1.54, 1.807) is 13.0 Å². The Balaban J connectivity index is 1.68. The Morgan fingerprint density at radius 3 is 2.71 bits per heavy atom. The van der Waals surface area contributed by atoms with Gasteiger partial charge in [-0.3, -0.25) is 4.79 Å². The summed E-state index contributed by atoms with van der Waals surface area (Å²) in [5.74, 6) is 0.821. The first-order valence-electron chi connectivity index (χ1n) is 8.59. The first kappa shape index (κ1) is 18.6. The van der Waals surface area contributed by atoms with Gasteiger partial charge in [0.1, 0.15) is 11.0 Å². The van der Waals surface area contributed by atoms with Gasteiger partial charge in [-0.2, -0.15) is 0 Å². The highest BCUT2D eigenvalue weighted by Crippen LogP contribution is 2.37. The van der Waals surface area contributed by atoms with Gasteiger partial charge in [0.25, 0.3) is 0 Å². The highest BCUT2D eigenvalue weighted by atomic mass is 35.5. The Kier molecular flexibility index (Phi) is 5.11. The molecule has 2 heterocycles. The lowest BCUT2D eigenvalue weighted by Gasteiger charge is -2.15. The molecule has 6 nitrogen and oxygen atoms in total. The van der Waals surface area contributed by atoms with Gasteiger partial charge in [0, 0.05) is 18.1 Å². The van der Waals surface area contributed by atoms with Crippen LogP contribution >= 0.6 is 23.4 Å². The van der Waals surface area contributed by atoms with Gasteiger partial charge in [0.2, 0.25) is 5.91 Å². The maximum atomic E-state index is 13.0. The van der Waals surface area contributed by atoms with Crippen molar-refractivity contribution in [2.75, 3.05) is 5.32 Å². The van der Waals surface area contributed by atoms with Crippen molar-refractivity contribution in [3.05, 3.63) is 70.9 Å². The third-order valence-corrected chi connectivity index (χ3v) is 5.78. The fraction of sp³-hybridized carbons (Fsp3) is 0.150. The molecule has 0 aliphatic carbocycles. The van der Waals surface area contributed by atoms with Gasteiger partial charge in [0.05, 0.1) is 11.0 Å². The number of benzene rings is 2. The summed E-state index contributed by atoms with van der Waals surface area (Å²) in [5, 5.41) is 7.51. The lowest BCUT2D eigenvalue weighted by Crippen LogP contribution is -2.19. The van der Waals surface area contributed by atoms with Gasteiger partial charge in [-0.1, -0.05) is 58.9 Å². The van der Waals surface area contributed by atoms with Crippen LogP contribution in [0, 0.1) is 6.92 Å². The van der Waals surface area contributed by atoms with E-state index < -0.39 is 5.25 Å². The molecule has 28 heavy (non-hydrogen) atoms. The number of fused-ring (bicyclic) bond motifs is 1. The molecule has 0 fully saturated rings. The highest BCUT2D eigenvalue weighted by molar-refractivity contribution is 8.00. The topological polar surface area (TPSA) is 73.0 Å². The molecule has 0 saturated carbocycles. The van der Waals surface area contributed by atoms with Crippen molar-refractivity contribution >= 4 is 46.1 Å². The number of carbonyl (C=O) groups excluding carboxylic acids is 1. The van der Waals surface area contributed by atoms with Gasteiger partial charge in [-0.05, 0) is 30.7 Å². The van der Waals surface area contributed by atoms with Crippen molar-refractivity contribution in [2.45, 2.75) is 17.3 Å². The van der Waals surface area contributed by atoms with Gasteiger partial charge in [-0.25, -0.2) is 4.98 Å². The minimum absolute atomic E-state index is 0.199. The fourth-order valence-electron chi connectivity index (χ4n) is 2.88. The highest BCUT2D eigenvalue weighted by Gasteiger charge is 2.25. The van der Waals surface area contributed by atoms with Crippen molar-refractivity contribution in [3.8, 4) is 0 Å². The number of aryl methyl sites for hydroxylation is 2. The number of carbonyl (C=O) groups is 1. The van der Waals surface area contributed by atoms with E-state index in [1.807, 2.05) is 60.1 Å². The molecular formula is C20H17ClN4O2S. The van der Waals surface area contributed by atoms with Crippen LogP contribution in [0.2, 0.25) is 5.02 Å². The van der Waals surface area contributed by atoms with E-state index in [9.17, 15) is 4.79 Å². The second-order valence-electron chi connectivity index (χ2n) is 6.31. The molecule has 142 valence electrons. The zero-order valence-electron chi connectivity index (χ0n) is 15.2. The van der Waals surface area contributed by atoms with Crippen LogP contribution in [-0.4, -0.2) is 20.6 Å². The average Bonchev–Trinajstić information content (AvgIpc) is 3.22. The first-order valence-corrected chi connectivity index (χ1v) is 9.85. The summed E-state index contributed by atoms with van der Waals surface area (Å²) < 4.78 is 7.00. The van der Waals surface area contributed by atoms with E-state index in [0.717, 1.165) is 21.8 Å². The molecule has 2 aromatic heterocycles. The van der Waals surface area contributed by atoms with E-state index in [0.29, 0.717) is 16.6 Å². The van der Waals surface area contributed by atoms with Gasteiger partial charge in [0.15, 0.2) is 11.0 Å². The van der Waals surface area contributed by atoms with E-state index >= 15 is 0 Å². The summed E-state index contributed by atoms with van der Waals surface area (Å²) in [6.07, 6.45) is 0. The second kappa shape index (κ2) is 7.69. The molecule has 0 saturated heterocycles. The zero-order chi connectivity index (χ0) is 19.7. The van der Waals surface area contributed by atoms with Crippen molar-refractivity contribution in [3.63, 3.8) is 0 Å². The largest absolute Gasteiger partial charge is 0.360 e. The summed E-state index contributed by atoms with van der Waals surface area (Å²) in [6.45, 7) is 1.77. The molecule has 0 radical (unpaired) electrons. The lowest BCUT2D eigenvalue weighted by atomic mass is 10.1. The van der Waals surface area contributed by atoms with Crippen LogP contribution < -0.4 is 5.32 Å². The van der Waals surface area contributed by atoms with Gasteiger partial charge >= 0.3 is 0 Å². The quantitative estimate of drug-likeness (QED) is 0.467. The van der Waals surface area contributed by atoms with Crippen LogP contribution in [0.3, 0.4) is 0 Å². The van der Waals surface area contributed by atoms with Gasteiger partial charge < -0.3 is 14.4 Å². The number of nitrogens with one attached hydrogen (secondary N) is 1. The maximum Gasteiger partial charge on any atom is 0.243 e. The number of thioether (sulfide) groups is 1. The van der Waals surface area contributed by atoms with Crippen LogP contribution in [0.1, 0.15) is 16.6 Å². The Bertz CT molecular complexity index is 1140. The molecule has 0 aliphatic rings. The summed E-state index contributed by atoms with van der Waals surface area (Å²) in [5.41, 5.74) is 2.61. The van der Waals surface area contributed by atoms with Crippen molar-refractivity contribution < 1.29 is 9.32 Å². The number of halogens is 1. The van der Waals surface area contributed by atoms with E-state index in [4.69, 9.17) is 16.1 Å². The number of anilines is 1. The van der Waals surface area contributed by atoms with Crippen LogP contribution in [0.25, 0.3) is 11.0 Å². The fourth-order valence-corrected chi connectivity index (χ4v) is 4.12. The summed E-state index contributed by atoms with van der Waals surface area (Å²) in [6, 6.07) is 16.8. The number of nitrogens with zero attached hydrogens (tertiary/aromatic N) is 3. The number of aromatic nitrogens is 3. The third kappa shape index (κ3) is 3.76. The summed E-state index contributed by atoms with van der Waals surface area (Å²) >= 11 is 7.46. The summed E-state index contributed by atoms with van der Waals surface area (Å²) in [7, 11) is 1.92. The molecule has 4 rings (SSSR count). The van der Waals surface area contributed by atoms with Crippen LogP contribution in [0.15, 0.2) is 64.3 Å². The van der Waals surface area contributed by atoms with Crippen molar-refractivity contribution in [1.82, 2.24) is 14.7 Å². The zero-order valence-corrected chi connectivity index (χ0v) is 16.8. The van der Waals surface area contributed by atoms with Crippen LogP contribution in [-0.2, 0) is 11.8 Å². The molecule has 1 N–H and O–H groups in total. The van der Waals surface area contributed by atoms with E-state index in [-0.39, 0.29) is 5.91 Å². The molecule has 4 aromatic rings. The monoisotopic (exact) mass is 412 g/mol. The molecule has 8 heteroatoms. The van der Waals surface area contributed by atoms with Crippen molar-refractivity contribution in [2.24, 2.45) is 7.05 Å². The van der Waals surface area contributed by atoms with Crippen molar-refractivity contribution in [1.29, 1.82) is 0 Å². The second-order valence-corrected chi connectivity index (χ2v) is 7.82. The number of amides is 1. The molecule has 1 unspecified atom stereocenters. The minimum Gasteiger partial charge on any atom is -0.360 e. The molecule has 2 aromatic carbocycles. The number of imidazole rings is 1. The number of hydrogen-bond acceptors (Lipinski definition) is 5. The Morgan fingerprint density at radius 1 is 1.21 bits per heavy atom. The molecule has 1 amide bonds. The predicted molar refractivity (Wildman–Crippen MR) is 111 cm³/mol. The third-order valence-electron chi connectivity index (χ3n) is 4.24. The molecule has 0 aliphatic heterocycles. The normalized spacial score (nSPS) is 12.2. The van der Waals surface area contributed by atoms with E-state index in [2.05, 4.69) is 15.5 Å². The number of hydrogen-bond donors (Lipinski definition) is 1. The standard InChI is InChI=1S/C20H17ClN4O2S/c1-12-10-17(24-27-12)23-19(26)18(13-6-4-3-5-7-13)28-20-22-15-11-14(21)8-9-16(15)25(20)2/h3-11,18H,1-2H3,(H,23,24,26). The molecule has 0 bridgehead atoms. The molecular weight excluding hydrogens is 396 g/mol. The van der Waals surface area contributed by atoms with Crippen LogP contribution in [0.5, 0.6) is 0 Å². The lowest BCUT2D eigenvalue weighted by molar-refractivity contribution is -0.115. The minimum atomic E-state index is -0.510. The maximum absolute atomic E-state index is 13.0. The molecule has 0 spiro atoms. The smallest absolute Gasteiger partial charge is 0.243 e. The Labute approximate surface area is 170 Å². The van der Waals surface area contributed by atoms with Gasteiger partial charge in [-0.15, -0.1) is 0 Å². The average molecular weight is 413 g/mol. The van der Waals surface area contributed by atoms with E-state index in [1.165, 1.54) is 11.8 Å². The Hall–Kier alpha value is -2.77. The number of rotatable bonds is 5. The first-order chi connectivity index (χ1) is 13.5. The summed E-state index contributed by atoms with van der Waals surface area (Å²) in [4.78, 5) is 17.7. The molecule has 1 atom stereocenters. The Morgan fingerprint density at radius 2 is 2.00 bits per heavy atom.